The van der Waals surface area contributed by atoms with Gasteiger partial charge in [-0.05, 0) is 62.0 Å². The van der Waals surface area contributed by atoms with E-state index < -0.39 is 0 Å². The zero-order valence-corrected chi connectivity index (χ0v) is 11.1. The first kappa shape index (κ1) is 12.4. The Morgan fingerprint density at radius 1 is 1.12 bits per heavy atom. The maximum Gasteiger partial charge on any atom is 0.0316 e. The Labute approximate surface area is 105 Å². The Kier molecular flexibility index (Phi) is 4.06. The first-order valence-corrected chi connectivity index (χ1v) is 6.86. The molecule has 0 fully saturated rings. The van der Waals surface area contributed by atoms with Crippen molar-refractivity contribution < 1.29 is 0 Å². The van der Waals surface area contributed by atoms with E-state index in [9.17, 15) is 0 Å². The summed E-state index contributed by atoms with van der Waals surface area (Å²) in [6.45, 7) is 6.98. The standard InChI is InChI=1S/C15H24N2/c1-3-7-17(8-4-2)15-10-12-5-6-14(16)9-13(12)11-15/h5-6,9,15H,3-4,7-8,10-11,16H2,1-2H3. The van der Waals surface area contributed by atoms with Crippen molar-refractivity contribution in [1.82, 2.24) is 4.90 Å². The molecule has 0 spiro atoms. The third-order valence-corrected chi connectivity index (χ3v) is 3.68. The highest BCUT2D eigenvalue weighted by Gasteiger charge is 2.25. The SMILES string of the molecule is CCCN(CCC)C1Cc2ccc(N)cc2C1. The summed E-state index contributed by atoms with van der Waals surface area (Å²) in [6, 6.07) is 7.10. The van der Waals surface area contributed by atoms with Crippen LogP contribution in [0.1, 0.15) is 37.8 Å². The van der Waals surface area contributed by atoms with E-state index in [0.29, 0.717) is 6.04 Å². The molecule has 1 aromatic carbocycles. The van der Waals surface area contributed by atoms with Gasteiger partial charge in [0, 0.05) is 11.7 Å². The summed E-state index contributed by atoms with van der Waals surface area (Å²) in [4.78, 5) is 2.65. The molecule has 0 aliphatic heterocycles. The number of fused-ring (bicyclic) bond motifs is 1. The smallest absolute Gasteiger partial charge is 0.0316 e. The third-order valence-electron chi connectivity index (χ3n) is 3.68. The van der Waals surface area contributed by atoms with Crippen LogP contribution in [0, 0.1) is 0 Å². The van der Waals surface area contributed by atoms with Gasteiger partial charge in [0.25, 0.3) is 0 Å². The van der Waals surface area contributed by atoms with Gasteiger partial charge < -0.3 is 5.73 Å². The molecule has 2 nitrogen and oxygen atoms in total. The minimum absolute atomic E-state index is 0.701. The number of anilines is 1. The molecule has 0 aromatic heterocycles. The predicted molar refractivity (Wildman–Crippen MR) is 74.2 cm³/mol. The Bertz CT molecular complexity index is 367. The maximum atomic E-state index is 5.86. The topological polar surface area (TPSA) is 29.3 Å². The minimum Gasteiger partial charge on any atom is -0.399 e. The average Bonchev–Trinajstić information content (AvgIpc) is 2.71. The first-order chi connectivity index (χ1) is 8.24. The molecule has 0 saturated carbocycles. The molecule has 0 heterocycles. The highest BCUT2D eigenvalue weighted by molar-refractivity contribution is 5.47. The van der Waals surface area contributed by atoms with Crippen molar-refractivity contribution in [3.8, 4) is 0 Å². The van der Waals surface area contributed by atoms with Crippen molar-refractivity contribution >= 4 is 5.69 Å². The van der Waals surface area contributed by atoms with Gasteiger partial charge in [0.1, 0.15) is 0 Å². The second kappa shape index (κ2) is 5.54. The van der Waals surface area contributed by atoms with Gasteiger partial charge in [-0.2, -0.15) is 0 Å². The molecule has 0 bridgehead atoms. The number of hydrogen-bond donors (Lipinski definition) is 1. The van der Waals surface area contributed by atoms with Crippen LogP contribution in [0.4, 0.5) is 5.69 Å². The summed E-state index contributed by atoms with van der Waals surface area (Å²) in [5.74, 6) is 0. The molecule has 0 amide bonds. The quantitative estimate of drug-likeness (QED) is 0.791. The maximum absolute atomic E-state index is 5.86. The molecular formula is C15H24N2. The zero-order chi connectivity index (χ0) is 12.3. The number of nitrogens with zero attached hydrogens (tertiary/aromatic N) is 1. The summed E-state index contributed by atoms with van der Waals surface area (Å²) >= 11 is 0. The summed E-state index contributed by atoms with van der Waals surface area (Å²) < 4.78 is 0. The third kappa shape index (κ3) is 2.81. The molecule has 17 heavy (non-hydrogen) atoms. The summed E-state index contributed by atoms with van der Waals surface area (Å²) in [5.41, 5.74) is 9.73. The van der Waals surface area contributed by atoms with Gasteiger partial charge in [-0.1, -0.05) is 19.9 Å². The number of hydrogen-bond acceptors (Lipinski definition) is 2. The van der Waals surface area contributed by atoms with Crippen LogP contribution in [-0.2, 0) is 12.8 Å². The lowest BCUT2D eigenvalue weighted by Gasteiger charge is -2.27. The van der Waals surface area contributed by atoms with Crippen molar-refractivity contribution in [2.24, 2.45) is 0 Å². The van der Waals surface area contributed by atoms with Crippen LogP contribution in [0.15, 0.2) is 18.2 Å². The lowest BCUT2D eigenvalue weighted by atomic mass is 10.1. The molecule has 94 valence electrons. The fourth-order valence-corrected chi connectivity index (χ4v) is 2.92. The molecule has 1 atom stereocenters. The van der Waals surface area contributed by atoms with Crippen LogP contribution < -0.4 is 5.73 Å². The Morgan fingerprint density at radius 3 is 2.41 bits per heavy atom. The number of rotatable bonds is 5. The van der Waals surface area contributed by atoms with E-state index in [1.54, 1.807) is 0 Å². The van der Waals surface area contributed by atoms with E-state index >= 15 is 0 Å². The zero-order valence-electron chi connectivity index (χ0n) is 11.1. The van der Waals surface area contributed by atoms with E-state index in [0.717, 1.165) is 5.69 Å². The second-order valence-electron chi connectivity index (χ2n) is 5.13. The Morgan fingerprint density at radius 2 is 1.76 bits per heavy atom. The van der Waals surface area contributed by atoms with Crippen molar-refractivity contribution in [2.45, 2.75) is 45.6 Å². The van der Waals surface area contributed by atoms with Crippen LogP contribution in [0.25, 0.3) is 0 Å². The first-order valence-electron chi connectivity index (χ1n) is 6.86. The minimum atomic E-state index is 0.701. The van der Waals surface area contributed by atoms with Gasteiger partial charge in [0.15, 0.2) is 0 Å². The lowest BCUT2D eigenvalue weighted by molar-refractivity contribution is 0.202. The van der Waals surface area contributed by atoms with E-state index in [-0.39, 0.29) is 0 Å². The lowest BCUT2D eigenvalue weighted by Crippen LogP contribution is -2.37. The van der Waals surface area contributed by atoms with Crippen molar-refractivity contribution in [3.05, 3.63) is 29.3 Å². The van der Waals surface area contributed by atoms with Crippen LogP contribution in [0.5, 0.6) is 0 Å². The Balaban J connectivity index is 2.07. The van der Waals surface area contributed by atoms with Gasteiger partial charge in [-0.15, -0.1) is 0 Å². The van der Waals surface area contributed by atoms with Gasteiger partial charge in [-0.25, -0.2) is 0 Å². The molecule has 1 unspecified atom stereocenters. The normalized spacial score (nSPS) is 18.6. The van der Waals surface area contributed by atoms with Crippen molar-refractivity contribution in [3.63, 3.8) is 0 Å². The van der Waals surface area contributed by atoms with Crippen LogP contribution in [0.2, 0.25) is 0 Å². The molecule has 2 N–H and O–H groups in total. The monoisotopic (exact) mass is 232 g/mol. The van der Waals surface area contributed by atoms with Crippen LogP contribution >= 0.6 is 0 Å². The fraction of sp³-hybridized carbons (Fsp3) is 0.600. The second-order valence-corrected chi connectivity index (χ2v) is 5.13. The van der Waals surface area contributed by atoms with Crippen LogP contribution in [-0.4, -0.2) is 24.0 Å². The van der Waals surface area contributed by atoms with E-state index in [1.807, 2.05) is 6.07 Å². The predicted octanol–water partition coefficient (Wildman–Crippen LogP) is 2.86. The van der Waals surface area contributed by atoms with E-state index in [2.05, 4.69) is 30.9 Å². The fourth-order valence-electron chi connectivity index (χ4n) is 2.92. The van der Waals surface area contributed by atoms with Crippen molar-refractivity contribution in [1.29, 1.82) is 0 Å². The molecular weight excluding hydrogens is 208 g/mol. The molecule has 0 radical (unpaired) electrons. The molecule has 1 aromatic rings. The molecule has 2 rings (SSSR count). The van der Waals surface area contributed by atoms with E-state index in [4.69, 9.17) is 5.73 Å². The van der Waals surface area contributed by atoms with Gasteiger partial charge in [0.05, 0.1) is 0 Å². The summed E-state index contributed by atoms with van der Waals surface area (Å²) in [7, 11) is 0. The number of benzene rings is 1. The molecule has 1 aliphatic carbocycles. The molecule has 1 aliphatic rings. The highest BCUT2D eigenvalue weighted by Crippen LogP contribution is 2.27. The Hall–Kier alpha value is -1.02. The van der Waals surface area contributed by atoms with Gasteiger partial charge >= 0.3 is 0 Å². The largest absolute Gasteiger partial charge is 0.399 e. The summed E-state index contributed by atoms with van der Waals surface area (Å²) in [6.07, 6.45) is 4.87. The van der Waals surface area contributed by atoms with Gasteiger partial charge in [-0.3, -0.25) is 4.90 Å². The molecule has 0 saturated heterocycles. The number of nitrogen functional groups attached to an aromatic ring is 1. The van der Waals surface area contributed by atoms with Crippen LogP contribution in [0.3, 0.4) is 0 Å². The summed E-state index contributed by atoms with van der Waals surface area (Å²) in [5, 5.41) is 0. The van der Waals surface area contributed by atoms with Crippen molar-refractivity contribution in [2.75, 3.05) is 18.8 Å². The van der Waals surface area contributed by atoms with E-state index in [1.165, 1.54) is 49.9 Å². The van der Waals surface area contributed by atoms with Gasteiger partial charge in [0.2, 0.25) is 0 Å². The average molecular weight is 232 g/mol. The molecule has 2 heteroatoms. The highest BCUT2D eigenvalue weighted by atomic mass is 15.1. The number of nitrogens with two attached hydrogens (primary N) is 1.